The average Bonchev–Trinajstić information content (AvgIpc) is 2.42. The SMILES string of the molecule is O=C(CC(O)c1ccccc1)Sc1ccc(Cl)cc1. The molecule has 0 aliphatic rings. The second kappa shape index (κ2) is 6.75. The lowest BCUT2D eigenvalue weighted by Gasteiger charge is -2.09. The first-order valence-corrected chi connectivity index (χ1v) is 7.04. The van der Waals surface area contributed by atoms with Crippen LogP contribution >= 0.6 is 23.4 Å². The molecule has 2 rings (SSSR count). The second-order valence-corrected chi connectivity index (χ2v) is 5.63. The lowest BCUT2D eigenvalue weighted by molar-refractivity contribution is -0.112. The zero-order chi connectivity index (χ0) is 13.7. The van der Waals surface area contributed by atoms with Gasteiger partial charge in [-0.05, 0) is 29.8 Å². The van der Waals surface area contributed by atoms with Crippen LogP contribution in [-0.4, -0.2) is 10.2 Å². The highest BCUT2D eigenvalue weighted by atomic mass is 35.5. The van der Waals surface area contributed by atoms with Gasteiger partial charge in [-0.1, -0.05) is 53.7 Å². The number of aliphatic hydroxyl groups is 1. The van der Waals surface area contributed by atoms with E-state index in [0.717, 1.165) is 22.2 Å². The summed E-state index contributed by atoms with van der Waals surface area (Å²) in [6, 6.07) is 16.2. The van der Waals surface area contributed by atoms with E-state index in [9.17, 15) is 9.90 Å². The van der Waals surface area contributed by atoms with Crippen molar-refractivity contribution in [1.82, 2.24) is 0 Å². The van der Waals surface area contributed by atoms with E-state index in [0.29, 0.717) is 5.02 Å². The Morgan fingerprint density at radius 1 is 1.11 bits per heavy atom. The van der Waals surface area contributed by atoms with Crippen molar-refractivity contribution in [1.29, 1.82) is 0 Å². The summed E-state index contributed by atoms with van der Waals surface area (Å²) in [6.07, 6.45) is -0.661. The van der Waals surface area contributed by atoms with E-state index in [1.165, 1.54) is 0 Å². The molecule has 2 nitrogen and oxygen atoms in total. The first kappa shape index (κ1) is 14.1. The van der Waals surface area contributed by atoms with Crippen LogP contribution in [0.3, 0.4) is 0 Å². The number of hydrogen-bond acceptors (Lipinski definition) is 3. The van der Waals surface area contributed by atoms with Gasteiger partial charge < -0.3 is 5.11 Å². The van der Waals surface area contributed by atoms with Crippen LogP contribution in [0, 0.1) is 0 Å². The molecule has 0 bridgehead atoms. The van der Waals surface area contributed by atoms with Gasteiger partial charge in [0.05, 0.1) is 6.10 Å². The average molecular weight is 293 g/mol. The van der Waals surface area contributed by atoms with Gasteiger partial charge in [-0.25, -0.2) is 0 Å². The fourth-order valence-electron chi connectivity index (χ4n) is 1.63. The molecule has 0 fully saturated rings. The molecule has 0 heterocycles. The van der Waals surface area contributed by atoms with Crippen LogP contribution in [0.2, 0.25) is 5.02 Å². The Hall–Kier alpha value is -1.29. The van der Waals surface area contributed by atoms with Gasteiger partial charge in [-0.15, -0.1) is 0 Å². The van der Waals surface area contributed by atoms with E-state index < -0.39 is 6.10 Å². The summed E-state index contributed by atoms with van der Waals surface area (Å²) >= 11 is 6.90. The Morgan fingerprint density at radius 2 is 1.74 bits per heavy atom. The number of halogens is 1. The van der Waals surface area contributed by atoms with Gasteiger partial charge in [0.15, 0.2) is 5.12 Å². The molecule has 0 saturated carbocycles. The predicted molar refractivity (Wildman–Crippen MR) is 78.3 cm³/mol. The summed E-state index contributed by atoms with van der Waals surface area (Å²) in [6.45, 7) is 0. The number of benzene rings is 2. The molecule has 2 aromatic rings. The summed E-state index contributed by atoms with van der Waals surface area (Å²) in [4.78, 5) is 12.7. The molecule has 0 saturated heterocycles. The first-order valence-electron chi connectivity index (χ1n) is 5.84. The summed E-state index contributed by atoms with van der Waals surface area (Å²) in [7, 11) is 0. The molecular weight excluding hydrogens is 280 g/mol. The molecule has 0 radical (unpaired) electrons. The third-order valence-electron chi connectivity index (χ3n) is 2.59. The Balaban J connectivity index is 1.93. The van der Waals surface area contributed by atoms with E-state index in [4.69, 9.17) is 11.6 Å². The lowest BCUT2D eigenvalue weighted by Crippen LogP contribution is -2.03. The Labute approximate surface area is 121 Å². The van der Waals surface area contributed by atoms with Crippen LogP contribution in [0.15, 0.2) is 59.5 Å². The van der Waals surface area contributed by atoms with Gasteiger partial charge in [0, 0.05) is 16.3 Å². The number of thioether (sulfide) groups is 1. The minimum Gasteiger partial charge on any atom is -0.388 e. The largest absolute Gasteiger partial charge is 0.388 e. The number of aliphatic hydroxyl groups excluding tert-OH is 1. The molecule has 0 spiro atoms. The quantitative estimate of drug-likeness (QED) is 0.863. The van der Waals surface area contributed by atoms with Crippen LogP contribution in [0.25, 0.3) is 0 Å². The van der Waals surface area contributed by atoms with E-state index in [1.54, 1.807) is 24.3 Å². The van der Waals surface area contributed by atoms with Gasteiger partial charge in [-0.3, -0.25) is 4.79 Å². The maximum Gasteiger partial charge on any atom is 0.196 e. The highest BCUT2D eigenvalue weighted by Crippen LogP contribution is 2.26. The fourth-order valence-corrected chi connectivity index (χ4v) is 2.53. The Kier molecular flexibility index (Phi) is 5.02. The molecule has 1 unspecified atom stereocenters. The molecule has 0 aliphatic heterocycles. The van der Waals surface area contributed by atoms with Gasteiger partial charge in [-0.2, -0.15) is 0 Å². The van der Waals surface area contributed by atoms with Crippen molar-refractivity contribution in [2.24, 2.45) is 0 Å². The van der Waals surface area contributed by atoms with Crippen molar-refractivity contribution in [3.63, 3.8) is 0 Å². The number of hydrogen-bond donors (Lipinski definition) is 1. The normalized spacial score (nSPS) is 12.1. The molecule has 0 amide bonds. The van der Waals surface area contributed by atoms with Crippen molar-refractivity contribution in [2.45, 2.75) is 17.4 Å². The number of carbonyl (C=O) groups is 1. The van der Waals surface area contributed by atoms with Crippen LogP contribution in [0.5, 0.6) is 0 Å². The number of rotatable bonds is 4. The lowest BCUT2D eigenvalue weighted by atomic mass is 10.1. The minimum absolute atomic E-state index is 0.0707. The van der Waals surface area contributed by atoms with Gasteiger partial charge >= 0.3 is 0 Å². The summed E-state index contributed by atoms with van der Waals surface area (Å²) < 4.78 is 0. The highest BCUT2D eigenvalue weighted by molar-refractivity contribution is 8.13. The predicted octanol–water partition coefficient (Wildman–Crippen LogP) is 4.08. The van der Waals surface area contributed by atoms with E-state index in [-0.39, 0.29) is 11.5 Å². The smallest absolute Gasteiger partial charge is 0.196 e. The van der Waals surface area contributed by atoms with Crippen LogP contribution < -0.4 is 0 Å². The summed E-state index contributed by atoms with van der Waals surface area (Å²) in [5, 5.41) is 10.5. The minimum atomic E-state index is -0.756. The maximum atomic E-state index is 11.9. The molecule has 0 aromatic heterocycles. The van der Waals surface area contributed by atoms with Crippen LogP contribution in [0.1, 0.15) is 18.1 Å². The van der Waals surface area contributed by atoms with Crippen LogP contribution in [-0.2, 0) is 4.79 Å². The molecule has 19 heavy (non-hydrogen) atoms. The first-order chi connectivity index (χ1) is 9.15. The maximum absolute atomic E-state index is 11.9. The van der Waals surface area contributed by atoms with E-state index in [2.05, 4.69) is 0 Å². The zero-order valence-corrected chi connectivity index (χ0v) is 11.7. The third-order valence-corrected chi connectivity index (χ3v) is 3.74. The zero-order valence-electron chi connectivity index (χ0n) is 10.1. The molecule has 4 heteroatoms. The van der Waals surface area contributed by atoms with E-state index in [1.807, 2.05) is 30.3 Å². The molecule has 0 aliphatic carbocycles. The van der Waals surface area contributed by atoms with E-state index >= 15 is 0 Å². The Bertz CT molecular complexity index is 540. The molecular formula is C15H13ClO2S. The van der Waals surface area contributed by atoms with Crippen molar-refractivity contribution in [3.8, 4) is 0 Å². The monoisotopic (exact) mass is 292 g/mol. The fraction of sp³-hybridized carbons (Fsp3) is 0.133. The standard InChI is InChI=1S/C15H13ClO2S/c16-12-6-8-13(9-7-12)19-15(18)10-14(17)11-4-2-1-3-5-11/h1-9,14,17H,10H2. The highest BCUT2D eigenvalue weighted by Gasteiger charge is 2.13. The second-order valence-electron chi connectivity index (χ2n) is 4.06. The topological polar surface area (TPSA) is 37.3 Å². The summed E-state index contributed by atoms with van der Waals surface area (Å²) in [5.41, 5.74) is 0.757. The van der Waals surface area contributed by atoms with Gasteiger partial charge in [0.1, 0.15) is 0 Å². The van der Waals surface area contributed by atoms with Gasteiger partial charge in [0.2, 0.25) is 0 Å². The summed E-state index contributed by atoms with van der Waals surface area (Å²) in [5.74, 6) is 0. The van der Waals surface area contributed by atoms with Crippen molar-refractivity contribution in [3.05, 3.63) is 65.2 Å². The number of carbonyl (C=O) groups excluding carboxylic acids is 1. The molecule has 1 atom stereocenters. The van der Waals surface area contributed by atoms with Crippen LogP contribution in [0.4, 0.5) is 0 Å². The third kappa shape index (κ3) is 4.39. The van der Waals surface area contributed by atoms with Crippen molar-refractivity contribution in [2.75, 3.05) is 0 Å². The molecule has 1 N–H and O–H groups in total. The molecule has 98 valence electrons. The Morgan fingerprint density at radius 3 is 2.37 bits per heavy atom. The van der Waals surface area contributed by atoms with Crippen molar-refractivity contribution < 1.29 is 9.90 Å². The van der Waals surface area contributed by atoms with Gasteiger partial charge in [0.25, 0.3) is 0 Å². The molecule has 2 aromatic carbocycles. The van der Waals surface area contributed by atoms with Crippen molar-refractivity contribution >= 4 is 28.5 Å².